The summed E-state index contributed by atoms with van der Waals surface area (Å²) in [6.45, 7) is 9.92. The van der Waals surface area contributed by atoms with Crippen molar-refractivity contribution in [1.29, 1.82) is 0 Å². The zero-order valence-corrected chi connectivity index (χ0v) is 18.6. The Morgan fingerprint density at radius 3 is 2.71 bits per heavy atom. The van der Waals surface area contributed by atoms with Gasteiger partial charge in [0.05, 0.1) is 12.1 Å². The van der Waals surface area contributed by atoms with Crippen LogP contribution in [0.3, 0.4) is 0 Å². The van der Waals surface area contributed by atoms with Crippen LogP contribution in [0.4, 0.5) is 0 Å². The third-order valence-electron chi connectivity index (χ3n) is 10.4. The van der Waals surface area contributed by atoms with Gasteiger partial charge in [-0.25, -0.2) is 0 Å². The van der Waals surface area contributed by atoms with Crippen LogP contribution in [0.15, 0.2) is 16.6 Å². The molecule has 28 heavy (non-hydrogen) atoms. The van der Waals surface area contributed by atoms with E-state index in [1.165, 1.54) is 57.1 Å². The van der Waals surface area contributed by atoms with Crippen LogP contribution in [-0.2, 0) is 0 Å². The van der Waals surface area contributed by atoms with E-state index in [-0.39, 0.29) is 6.10 Å². The molecule has 0 radical (unpaired) electrons. The smallest absolute Gasteiger partial charge is 0.0577 e. The van der Waals surface area contributed by atoms with E-state index in [0.29, 0.717) is 16.9 Å². The molecule has 0 aromatic heterocycles. The predicted octanol–water partition coefficient (Wildman–Crippen LogP) is 6.19. The van der Waals surface area contributed by atoms with Crippen molar-refractivity contribution in [3.63, 3.8) is 0 Å². The van der Waals surface area contributed by atoms with E-state index in [4.69, 9.17) is 4.99 Å². The molecule has 0 aromatic rings. The minimum Gasteiger partial charge on any atom is -0.393 e. The van der Waals surface area contributed by atoms with E-state index in [1.54, 1.807) is 5.57 Å². The number of rotatable bonds is 2. The van der Waals surface area contributed by atoms with Gasteiger partial charge in [-0.3, -0.25) is 4.99 Å². The number of nitrogens with zero attached hydrogens (tertiary/aromatic N) is 1. The van der Waals surface area contributed by atoms with Crippen LogP contribution in [-0.4, -0.2) is 23.0 Å². The number of fused-ring (bicyclic) bond motifs is 5. The fourth-order valence-corrected chi connectivity index (χ4v) is 8.62. The van der Waals surface area contributed by atoms with E-state index in [2.05, 4.69) is 33.8 Å². The highest BCUT2D eigenvalue weighted by Gasteiger charge is 2.58. The van der Waals surface area contributed by atoms with Crippen molar-refractivity contribution < 1.29 is 5.11 Å². The number of hydrogen-bond acceptors (Lipinski definition) is 2. The molecule has 2 nitrogen and oxygen atoms in total. The molecule has 5 rings (SSSR count). The highest BCUT2D eigenvalue weighted by molar-refractivity contribution is 5.83. The maximum Gasteiger partial charge on any atom is 0.0577 e. The van der Waals surface area contributed by atoms with Gasteiger partial charge in [0.2, 0.25) is 0 Å². The van der Waals surface area contributed by atoms with Gasteiger partial charge in [0.15, 0.2) is 0 Å². The van der Waals surface area contributed by atoms with Crippen LogP contribution in [0, 0.1) is 40.4 Å². The first-order chi connectivity index (χ1) is 13.3. The summed E-state index contributed by atoms with van der Waals surface area (Å²) in [7, 11) is 0. The molecule has 0 saturated heterocycles. The van der Waals surface area contributed by atoms with Gasteiger partial charge in [0.1, 0.15) is 0 Å². The standard InChI is InChI=1S/C26H41NO/c1-16-5-8-24(27-16)17(2)18-13-23-21-7-6-19-14-20(28)9-12-26(19,4)22(21)10-11-25(23,3)15-18/h6,17-18,20-24,28H,5,7-15H2,1-4H3. The molecular weight excluding hydrogens is 342 g/mol. The maximum absolute atomic E-state index is 10.2. The summed E-state index contributed by atoms with van der Waals surface area (Å²) in [6, 6.07) is 0.597. The number of allylic oxidation sites excluding steroid dienone is 1. The topological polar surface area (TPSA) is 32.6 Å². The minimum absolute atomic E-state index is 0.0862. The lowest BCUT2D eigenvalue weighted by Gasteiger charge is -2.57. The second-order valence-corrected chi connectivity index (χ2v) is 11.9. The van der Waals surface area contributed by atoms with E-state index < -0.39 is 0 Å². The largest absolute Gasteiger partial charge is 0.393 e. The number of aliphatic hydroxyl groups is 1. The maximum atomic E-state index is 10.2. The molecule has 0 aromatic carbocycles. The van der Waals surface area contributed by atoms with Gasteiger partial charge < -0.3 is 5.11 Å². The molecule has 0 bridgehead atoms. The Bertz CT molecular complexity index is 695. The molecule has 156 valence electrons. The predicted molar refractivity (Wildman–Crippen MR) is 116 cm³/mol. The van der Waals surface area contributed by atoms with Crippen molar-refractivity contribution in [2.75, 3.05) is 0 Å². The second-order valence-electron chi connectivity index (χ2n) is 11.9. The monoisotopic (exact) mass is 383 g/mol. The van der Waals surface area contributed by atoms with Crippen LogP contribution in [0.5, 0.6) is 0 Å². The highest BCUT2D eigenvalue weighted by Crippen LogP contribution is 2.66. The van der Waals surface area contributed by atoms with Gasteiger partial charge in [0, 0.05) is 5.71 Å². The van der Waals surface area contributed by atoms with E-state index in [9.17, 15) is 5.11 Å². The van der Waals surface area contributed by atoms with Crippen LogP contribution in [0.25, 0.3) is 0 Å². The van der Waals surface area contributed by atoms with Crippen molar-refractivity contribution in [1.82, 2.24) is 0 Å². The lowest BCUT2D eigenvalue weighted by molar-refractivity contribution is -0.0360. The first kappa shape index (κ1) is 19.3. The molecule has 9 atom stereocenters. The fourth-order valence-electron chi connectivity index (χ4n) is 8.62. The van der Waals surface area contributed by atoms with Gasteiger partial charge in [-0.05, 0) is 112 Å². The minimum atomic E-state index is -0.0862. The Balaban J connectivity index is 1.38. The SMILES string of the molecule is CC1=NC(C(C)C2CC3C4CC=C5CC(O)CCC5(C)C4CCC3(C)C2)CC1. The molecule has 4 aliphatic carbocycles. The third kappa shape index (κ3) is 2.88. The Labute approximate surface area is 172 Å². The molecule has 1 aliphatic heterocycles. The summed E-state index contributed by atoms with van der Waals surface area (Å²) in [6.07, 6.45) is 15.2. The van der Waals surface area contributed by atoms with Gasteiger partial charge in [-0.1, -0.05) is 32.4 Å². The molecule has 1 heterocycles. The van der Waals surface area contributed by atoms with Gasteiger partial charge in [-0.2, -0.15) is 0 Å². The molecule has 5 aliphatic rings. The number of aliphatic imine (C=N–C) groups is 1. The van der Waals surface area contributed by atoms with E-state index in [1.807, 2.05) is 0 Å². The molecule has 9 unspecified atom stereocenters. The normalized spacial score (nSPS) is 51.6. The second kappa shape index (κ2) is 6.69. The average Bonchev–Trinajstić information content (AvgIpc) is 3.24. The lowest BCUT2D eigenvalue weighted by Crippen LogP contribution is -2.49. The van der Waals surface area contributed by atoms with Gasteiger partial charge >= 0.3 is 0 Å². The molecule has 2 heteroatoms. The first-order valence-electron chi connectivity index (χ1n) is 12.2. The van der Waals surface area contributed by atoms with Crippen LogP contribution in [0.1, 0.15) is 91.9 Å². The van der Waals surface area contributed by atoms with Gasteiger partial charge in [0.25, 0.3) is 0 Å². The van der Waals surface area contributed by atoms with Crippen molar-refractivity contribution in [3.8, 4) is 0 Å². The zero-order chi connectivity index (χ0) is 19.7. The van der Waals surface area contributed by atoms with Crippen LogP contribution in [0.2, 0.25) is 0 Å². The zero-order valence-electron chi connectivity index (χ0n) is 18.6. The molecule has 0 amide bonds. The summed E-state index contributed by atoms with van der Waals surface area (Å²) in [4.78, 5) is 5.01. The van der Waals surface area contributed by atoms with E-state index >= 15 is 0 Å². The number of aliphatic hydroxyl groups excluding tert-OH is 1. The summed E-state index contributed by atoms with van der Waals surface area (Å²) < 4.78 is 0. The fraction of sp³-hybridized carbons (Fsp3) is 0.885. The Hall–Kier alpha value is -0.630. The Morgan fingerprint density at radius 1 is 1.14 bits per heavy atom. The quantitative estimate of drug-likeness (QED) is 0.567. The molecule has 3 fully saturated rings. The summed E-state index contributed by atoms with van der Waals surface area (Å²) in [5.74, 6) is 4.28. The van der Waals surface area contributed by atoms with Crippen molar-refractivity contribution in [3.05, 3.63) is 11.6 Å². The molecule has 0 spiro atoms. The van der Waals surface area contributed by atoms with Crippen molar-refractivity contribution in [2.24, 2.45) is 45.4 Å². The first-order valence-corrected chi connectivity index (χ1v) is 12.2. The molecule has 1 N–H and O–H groups in total. The number of hydrogen-bond donors (Lipinski definition) is 1. The van der Waals surface area contributed by atoms with Crippen LogP contribution < -0.4 is 0 Å². The highest BCUT2D eigenvalue weighted by atomic mass is 16.3. The molecule has 3 saturated carbocycles. The summed E-state index contributed by atoms with van der Waals surface area (Å²) >= 11 is 0. The van der Waals surface area contributed by atoms with Crippen LogP contribution >= 0.6 is 0 Å². The molecular formula is C26H41NO. The summed E-state index contributed by atoms with van der Waals surface area (Å²) in [5.41, 5.74) is 3.93. The Kier molecular flexibility index (Phi) is 4.62. The van der Waals surface area contributed by atoms with Gasteiger partial charge in [-0.15, -0.1) is 0 Å². The van der Waals surface area contributed by atoms with Crippen molar-refractivity contribution >= 4 is 5.71 Å². The summed E-state index contributed by atoms with van der Waals surface area (Å²) in [5, 5.41) is 10.2. The lowest BCUT2D eigenvalue weighted by atomic mass is 9.48. The average molecular weight is 384 g/mol. The third-order valence-corrected chi connectivity index (χ3v) is 10.4. The van der Waals surface area contributed by atoms with Crippen molar-refractivity contribution in [2.45, 2.75) is 104 Å². The Morgan fingerprint density at radius 2 is 1.96 bits per heavy atom. The van der Waals surface area contributed by atoms with E-state index in [0.717, 1.165) is 42.4 Å².